The molecule has 2 N–H and O–H groups in total. The van der Waals surface area contributed by atoms with E-state index in [9.17, 15) is 4.79 Å². The third-order valence-corrected chi connectivity index (χ3v) is 3.22. The number of aryl methyl sites for hydroxylation is 1. The summed E-state index contributed by atoms with van der Waals surface area (Å²) in [7, 11) is 0. The molecule has 0 radical (unpaired) electrons. The van der Waals surface area contributed by atoms with Crippen molar-refractivity contribution in [3.8, 4) is 0 Å². The first-order valence-electron chi connectivity index (χ1n) is 7.11. The second-order valence-electron chi connectivity index (χ2n) is 5.49. The van der Waals surface area contributed by atoms with Gasteiger partial charge in [0.05, 0.1) is 6.20 Å². The highest BCUT2D eigenvalue weighted by Crippen LogP contribution is 2.21. The monoisotopic (exact) mass is 286 g/mol. The average Bonchev–Trinajstić information content (AvgIpc) is 2.88. The number of hydrogen-bond acceptors (Lipinski definition) is 3. The van der Waals surface area contributed by atoms with Crippen LogP contribution < -0.4 is 10.6 Å². The lowest BCUT2D eigenvalue weighted by Gasteiger charge is -2.11. The Bertz CT molecular complexity index is 631. The molecule has 1 aromatic heterocycles. The number of nitrogens with one attached hydrogen (secondary N) is 2. The van der Waals surface area contributed by atoms with Gasteiger partial charge in [-0.25, -0.2) is 0 Å². The van der Waals surface area contributed by atoms with E-state index < -0.39 is 0 Å². The van der Waals surface area contributed by atoms with Crippen LogP contribution in [0, 0.1) is 6.92 Å². The molecule has 1 amide bonds. The fraction of sp³-hybridized carbons (Fsp3) is 0.375. The maximum Gasteiger partial charge on any atom is 0.221 e. The second-order valence-corrected chi connectivity index (χ2v) is 5.49. The van der Waals surface area contributed by atoms with E-state index in [1.165, 1.54) is 6.92 Å². The summed E-state index contributed by atoms with van der Waals surface area (Å²) in [5.41, 5.74) is 4.08. The zero-order valence-corrected chi connectivity index (χ0v) is 13.0. The van der Waals surface area contributed by atoms with Crippen LogP contribution in [0.15, 0.2) is 30.6 Å². The standard InChI is InChI=1S/C16H22N4O/c1-11(2)20-10-14(9-18-20)8-17-16-7-15(19-13(4)21)6-5-12(16)3/h5-7,9-11,17H,8H2,1-4H3,(H,19,21). The Labute approximate surface area is 125 Å². The highest BCUT2D eigenvalue weighted by molar-refractivity contribution is 5.89. The van der Waals surface area contributed by atoms with E-state index in [0.717, 1.165) is 22.5 Å². The lowest BCUT2D eigenvalue weighted by atomic mass is 10.1. The lowest BCUT2D eigenvalue weighted by Crippen LogP contribution is -2.07. The Hall–Kier alpha value is -2.30. The molecule has 5 nitrogen and oxygen atoms in total. The first-order chi connectivity index (χ1) is 9.95. The van der Waals surface area contributed by atoms with Gasteiger partial charge in [0.2, 0.25) is 5.91 Å². The van der Waals surface area contributed by atoms with E-state index in [-0.39, 0.29) is 5.91 Å². The van der Waals surface area contributed by atoms with Gasteiger partial charge in [-0.3, -0.25) is 9.48 Å². The Balaban J connectivity index is 2.06. The quantitative estimate of drug-likeness (QED) is 0.886. The van der Waals surface area contributed by atoms with Crippen LogP contribution in [0.2, 0.25) is 0 Å². The Kier molecular flexibility index (Phi) is 4.62. The number of amides is 1. The third kappa shape index (κ3) is 4.08. The molecule has 0 atom stereocenters. The highest BCUT2D eigenvalue weighted by atomic mass is 16.1. The van der Waals surface area contributed by atoms with Crippen molar-refractivity contribution >= 4 is 17.3 Å². The molecule has 0 saturated heterocycles. The highest BCUT2D eigenvalue weighted by Gasteiger charge is 2.04. The number of hydrogen-bond donors (Lipinski definition) is 2. The summed E-state index contributed by atoms with van der Waals surface area (Å²) in [5.74, 6) is -0.0667. The fourth-order valence-electron chi connectivity index (χ4n) is 2.04. The van der Waals surface area contributed by atoms with Crippen LogP contribution >= 0.6 is 0 Å². The van der Waals surface area contributed by atoms with Gasteiger partial charge < -0.3 is 10.6 Å². The molecule has 21 heavy (non-hydrogen) atoms. The van der Waals surface area contributed by atoms with Gasteiger partial charge in [0.1, 0.15) is 0 Å². The number of carbonyl (C=O) groups excluding carboxylic acids is 1. The smallest absolute Gasteiger partial charge is 0.221 e. The molecule has 2 rings (SSSR count). The molecule has 0 aliphatic carbocycles. The van der Waals surface area contributed by atoms with E-state index in [4.69, 9.17) is 0 Å². The minimum atomic E-state index is -0.0667. The molecular formula is C16H22N4O. The van der Waals surface area contributed by atoms with Gasteiger partial charge in [-0.15, -0.1) is 0 Å². The summed E-state index contributed by atoms with van der Waals surface area (Å²) in [5, 5.41) is 10.5. The predicted molar refractivity (Wildman–Crippen MR) is 85.4 cm³/mol. The second kappa shape index (κ2) is 6.43. The van der Waals surface area contributed by atoms with E-state index in [2.05, 4.69) is 29.6 Å². The summed E-state index contributed by atoms with van der Waals surface area (Å²) in [4.78, 5) is 11.1. The Morgan fingerprint density at radius 1 is 1.38 bits per heavy atom. The number of nitrogens with zero attached hydrogens (tertiary/aromatic N) is 2. The van der Waals surface area contributed by atoms with Gasteiger partial charge in [0.25, 0.3) is 0 Å². The van der Waals surface area contributed by atoms with Crippen LogP contribution in [-0.4, -0.2) is 15.7 Å². The van der Waals surface area contributed by atoms with Crippen LogP contribution in [0.25, 0.3) is 0 Å². The molecule has 2 aromatic rings. The molecule has 0 saturated carbocycles. The third-order valence-electron chi connectivity index (χ3n) is 3.22. The van der Waals surface area contributed by atoms with E-state index in [0.29, 0.717) is 12.6 Å². The Morgan fingerprint density at radius 2 is 2.14 bits per heavy atom. The van der Waals surface area contributed by atoms with Crippen LogP contribution in [-0.2, 0) is 11.3 Å². The molecular weight excluding hydrogens is 264 g/mol. The van der Waals surface area contributed by atoms with Gasteiger partial charge in [-0.2, -0.15) is 5.10 Å². The van der Waals surface area contributed by atoms with Gasteiger partial charge in [-0.1, -0.05) is 6.07 Å². The summed E-state index contributed by atoms with van der Waals surface area (Å²) >= 11 is 0. The summed E-state index contributed by atoms with van der Waals surface area (Å²) in [6.45, 7) is 8.46. The van der Waals surface area contributed by atoms with Crippen molar-refractivity contribution in [1.29, 1.82) is 0 Å². The van der Waals surface area contributed by atoms with Crippen LogP contribution in [0.4, 0.5) is 11.4 Å². The number of rotatable bonds is 5. The molecule has 112 valence electrons. The van der Waals surface area contributed by atoms with Crippen molar-refractivity contribution in [3.05, 3.63) is 41.7 Å². The molecule has 5 heteroatoms. The van der Waals surface area contributed by atoms with Crippen molar-refractivity contribution in [2.24, 2.45) is 0 Å². The van der Waals surface area contributed by atoms with Gasteiger partial charge in [0, 0.05) is 42.6 Å². The molecule has 0 aliphatic rings. The first kappa shape index (κ1) is 15.1. The van der Waals surface area contributed by atoms with Crippen LogP contribution in [0.5, 0.6) is 0 Å². The van der Waals surface area contributed by atoms with Gasteiger partial charge in [-0.05, 0) is 38.5 Å². The zero-order valence-electron chi connectivity index (χ0n) is 13.0. The molecule has 1 aromatic carbocycles. The maximum atomic E-state index is 11.1. The molecule has 0 aliphatic heterocycles. The SMILES string of the molecule is CC(=O)Nc1ccc(C)c(NCc2cnn(C(C)C)c2)c1. The van der Waals surface area contributed by atoms with Crippen molar-refractivity contribution in [3.63, 3.8) is 0 Å². The van der Waals surface area contributed by atoms with Gasteiger partial charge in [0.15, 0.2) is 0 Å². The lowest BCUT2D eigenvalue weighted by molar-refractivity contribution is -0.114. The number of benzene rings is 1. The van der Waals surface area contributed by atoms with Crippen LogP contribution in [0.1, 0.15) is 37.9 Å². The first-order valence-corrected chi connectivity index (χ1v) is 7.11. The van der Waals surface area contributed by atoms with Gasteiger partial charge >= 0.3 is 0 Å². The predicted octanol–water partition coefficient (Wildman–Crippen LogP) is 3.34. The number of anilines is 2. The minimum Gasteiger partial charge on any atom is -0.381 e. The topological polar surface area (TPSA) is 59.0 Å². The summed E-state index contributed by atoms with van der Waals surface area (Å²) in [6.07, 6.45) is 3.92. The van der Waals surface area contributed by atoms with E-state index in [1.54, 1.807) is 0 Å². The summed E-state index contributed by atoms with van der Waals surface area (Å²) < 4.78 is 1.94. The molecule has 0 fully saturated rings. The Morgan fingerprint density at radius 3 is 2.76 bits per heavy atom. The number of carbonyl (C=O) groups is 1. The average molecular weight is 286 g/mol. The molecule has 1 heterocycles. The maximum absolute atomic E-state index is 11.1. The van der Waals surface area contributed by atoms with E-state index in [1.807, 2.05) is 42.2 Å². The van der Waals surface area contributed by atoms with Crippen LogP contribution in [0.3, 0.4) is 0 Å². The summed E-state index contributed by atoms with van der Waals surface area (Å²) in [6, 6.07) is 6.21. The molecule has 0 bridgehead atoms. The normalized spacial score (nSPS) is 10.7. The van der Waals surface area contributed by atoms with E-state index >= 15 is 0 Å². The largest absolute Gasteiger partial charge is 0.381 e. The fourth-order valence-corrected chi connectivity index (χ4v) is 2.04. The number of aromatic nitrogens is 2. The van der Waals surface area contributed by atoms with Crippen molar-refractivity contribution in [2.75, 3.05) is 10.6 Å². The van der Waals surface area contributed by atoms with Crippen molar-refractivity contribution in [1.82, 2.24) is 9.78 Å². The molecule has 0 unspecified atom stereocenters. The van der Waals surface area contributed by atoms with Crippen molar-refractivity contribution < 1.29 is 4.79 Å². The minimum absolute atomic E-state index is 0.0667. The zero-order chi connectivity index (χ0) is 15.4. The molecule has 0 spiro atoms. The van der Waals surface area contributed by atoms with Crippen molar-refractivity contribution in [2.45, 2.75) is 40.3 Å².